The lowest BCUT2D eigenvalue weighted by Gasteiger charge is -2.40. The third-order valence-electron chi connectivity index (χ3n) is 9.90. The fourth-order valence-corrected chi connectivity index (χ4v) is 6.70. The Hall–Kier alpha value is -4.61. The number of hydrazine groups is 1. The van der Waals surface area contributed by atoms with Gasteiger partial charge in [-0.3, -0.25) is 34.1 Å². The first kappa shape index (κ1) is 36.7. The molecular formula is C39H50N6O5. The number of amides is 3. The number of carboxylic acids is 1. The highest BCUT2D eigenvalue weighted by molar-refractivity contribution is 5.94. The molecule has 5 rings (SSSR count). The Morgan fingerprint density at radius 2 is 1.72 bits per heavy atom. The Labute approximate surface area is 294 Å². The number of nitrogens with zero attached hydrogens (tertiary/aromatic N) is 3. The number of piperidine rings is 1. The maximum atomic E-state index is 14.4. The number of nitrogens with one attached hydrogen (secondary N) is 3. The van der Waals surface area contributed by atoms with Gasteiger partial charge in [-0.05, 0) is 81.3 Å². The van der Waals surface area contributed by atoms with Crippen LogP contribution in [0.15, 0.2) is 66.7 Å². The number of hydrogen-bond donors (Lipinski definition) is 4. The molecule has 11 heteroatoms. The number of aromatic nitrogens is 1. The number of rotatable bonds is 12. The summed E-state index contributed by atoms with van der Waals surface area (Å²) in [5.74, 6) is -2.41. The van der Waals surface area contributed by atoms with Gasteiger partial charge in [0.1, 0.15) is 18.1 Å². The van der Waals surface area contributed by atoms with E-state index in [0.717, 1.165) is 35.1 Å². The molecule has 11 nitrogen and oxygen atoms in total. The summed E-state index contributed by atoms with van der Waals surface area (Å²) in [4.78, 5) is 59.8. The Balaban J connectivity index is 1.33. The molecule has 0 bridgehead atoms. The highest BCUT2D eigenvalue weighted by Gasteiger charge is 2.41. The fourth-order valence-electron chi connectivity index (χ4n) is 6.70. The van der Waals surface area contributed by atoms with Crippen molar-refractivity contribution in [2.45, 2.75) is 84.5 Å². The first-order chi connectivity index (χ1) is 24.0. The number of carboxylic acid groups (broad SMARTS) is 1. The van der Waals surface area contributed by atoms with Gasteiger partial charge < -0.3 is 15.7 Å². The lowest BCUT2D eigenvalue weighted by Crippen LogP contribution is -2.61. The molecule has 3 heterocycles. The first-order valence-corrected chi connectivity index (χ1v) is 17.7. The molecule has 2 aromatic carbocycles. The van der Waals surface area contributed by atoms with E-state index in [2.05, 4.69) is 46.1 Å². The summed E-state index contributed by atoms with van der Waals surface area (Å²) in [6.45, 7) is 9.91. The van der Waals surface area contributed by atoms with Gasteiger partial charge in [-0.15, -0.1) is 0 Å². The van der Waals surface area contributed by atoms with Crippen molar-refractivity contribution >= 4 is 40.7 Å². The highest BCUT2D eigenvalue weighted by Crippen LogP contribution is 2.35. The summed E-state index contributed by atoms with van der Waals surface area (Å²) in [7, 11) is 0. The lowest BCUT2D eigenvalue weighted by atomic mass is 9.76. The molecule has 3 aromatic rings. The number of carbonyl (C=O) groups is 4. The normalized spacial score (nSPS) is 19.3. The summed E-state index contributed by atoms with van der Waals surface area (Å²) in [6.07, 6.45) is 6.93. The van der Waals surface area contributed by atoms with Gasteiger partial charge in [0.2, 0.25) is 11.8 Å². The van der Waals surface area contributed by atoms with Gasteiger partial charge in [0.25, 0.3) is 5.91 Å². The predicted octanol–water partition coefficient (Wildman–Crippen LogP) is 4.32. The second-order valence-corrected chi connectivity index (χ2v) is 13.9. The summed E-state index contributed by atoms with van der Waals surface area (Å²) < 4.78 is 0. The van der Waals surface area contributed by atoms with Crippen molar-refractivity contribution in [3.63, 3.8) is 0 Å². The van der Waals surface area contributed by atoms with Crippen molar-refractivity contribution in [1.82, 2.24) is 31.0 Å². The van der Waals surface area contributed by atoms with Crippen molar-refractivity contribution < 1.29 is 24.3 Å². The molecule has 1 aromatic heterocycles. The van der Waals surface area contributed by atoms with Crippen LogP contribution in [0.2, 0.25) is 0 Å². The van der Waals surface area contributed by atoms with Crippen LogP contribution in [0.25, 0.3) is 17.0 Å². The van der Waals surface area contributed by atoms with Crippen molar-refractivity contribution in [3.05, 3.63) is 83.6 Å². The van der Waals surface area contributed by atoms with Crippen LogP contribution in [0.3, 0.4) is 0 Å². The van der Waals surface area contributed by atoms with Crippen LogP contribution in [0, 0.1) is 11.3 Å². The van der Waals surface area contributed by atoms with Crippen molar-refractivity contribution in [1.29, 1.82) is 0 Å². The number of hydrogen-bond acceptors (Lipinski definition) is 7. The zero-order valence-corrected chi connectivity index (χ0v) is 29.5. The number of pyridine rings is 1. The topological polar surface area (TPSA) is 144 Å². The third-order valence-corrected chi connectivity index (χ3v) is 9.90. The fraction of sp³-hybridized carbons (Fsp3) is 0.462. The Morgan fingerprint density at radius 3 is 2.40 bits per heavy atom. The Bertz CT molecular complexity index is 1700. The van der Waals surface area contributed by atoms with Gasteiger partial charge in [-0.1, -0.05) is 81.5 Å². The molecule has 3 atom stereocenters. The van der Waals surface area contributed by atoms with E-state index in [1.165, 1.54) is 10.6 Å². The monoisotopic (exact) mass is 682 g/mol. The van der Waals surface area contributed by atoms with E-state index in [1.807, 2.05) is 68.5 Å². The number of benzene rings is 2. The van der Waals surface area contributed by atoms with Gasteiger partial charge in [0.15, 0.2) is 0 Å². The molecule has 0 aliphatic carbocycles. The molecular weight excluding hydrogens is 632 g/mol. The zero-order valence-electron chi connectivity index (χ0n) is 29.5. The Morgan fingerprint density at radius 1 is 1.00 bits per heavy atom. The average Bonchev–Trinajstić information content (AvgIpc) is 3.13. The summed E-state index contributed by atoms with van der Waals surface area (Å²) in [6, 6.07) is 17.8. The number of fused-ring (bicyclic) bond motifs is 1. The second kappa shape index (κ2) is 16.4. The van der Waals surface area contributed by atoms with Crippen LogP contribution >= 0.6 is 0 Å². The highest BCUT2D eigenvalue weighted by atomic mass is 16.4. The molecule has 2 saturated heterocycles. The van der Waals surface area contributed by atoms with Gasteiger partial charge in [-0.25, -0.2) is 5.43 Å². The molecule has 2 aliphatic rings. The molecule has 0 spiro atoms. The molecule has 3 unspecified atom stereocenters. The van der Waals surface area contributed by atoms with E-state index in [1.54, 1.807) is 6.92 Å². The Kier molecular flexibility index (Phi) is 12.0. The minimum atomic E-state index is -1.03. The molecule has 50 heavy (non-hydrogen) atoms. The predicted molar refractivity (Wildman–Crippen MR) is 193 cm³/mol. The van der Waals surface area contributed by atoms with Crippen LogP contribution in [0.1, 0.15) is 70.2 Å². The lowest BCUT2D eigenvalue weighted by molar-refractivity contribution is -0.148. The zero-order chi connectivity index (χ0) is 35.8. The second-order valence-electron chi connectivity index (χ2n) is 13.9. The number of carbonyl (C=O) groups excluding carboxylic acids is 3. The minimum Gasteiger partial charge on any atom is -0.480 e. The van der Waals surface area contributed by atoms with Crippen molar-refractivity contribution in [2.75, 3.05) is 19.6 Å². The maximum absolute atomic E-state index is 14.4. The van der Waals surface area contributed by atoms with Crippen LogP contribution < -0.4 is 16.1 Å². The van der Waals surface area contributed by atoms with E-state index < -0.39 is 41.3 Å². The smallest absolute Gasteiger partial charge is 0.322 e. The maximum Gasteiger partial charge on any atom is 0.322 e. The quantitative estimate of drug-likeness (QED) is 0.221. The number of aliphatic carboxylic acids is 1. The summed E-state index contributed by atoms with van der Waals surface area (Å²) in [5.41, 5.74) is 5.97. The number of likely N-dealkylation sites (tertiary alicyclic amines) is 1. The van der Waals surface area contributed by atoms with E-state index in [4.69, 9.17) is 4.98 Å². The van der Waals surface area contributed by atoms with Gasteiger partial charge >= 0.3 is 5.97 Å². The molecule has 266 valence electrons. The van der Waals surface area contributed by atoms with E-state index in [-0.39, 0.29) is 11.8 Å². The number of aryl methyl sites for hydroxylation is 1. The minimum absolute atomic E-state index is 0.227. The van der Waals surface area contributed by atoms with Crippen LogP contribution in [0.5, 0.6) is 0 Å². The standard InChI is InChI=1S/C39H50N6O5/c1-5-31-16-15-30-14-13-28(24-33(30)41-31)17-18-39(19-22-44(23-20-39)25-29-10-7-6-8-11-29)38(50)42-34(26(2)3)35(46)40-27(4)36(47)45-21-9-12-32(43-45)37(48)49/h6-8,10-11,13-18,24,26-27,32,34,43H,5,9,12,19-23,25H2,1-4H3,(H,40,46)(H,42,50)(H,48,49)/b18-17+. The summed E-state index contributed by atoms with van der Waals surface area (Å²) in [5, 5.41) is 17.6. The SMILES string of the molecule is CCc1ccc2ccc(/C=C/C3(C(=O)NC(C(=O)NC(C)C(=O)N4CCCC(C(=O)O)N4)C(C)C)CCN(Cc4ccccc4)CC3)cc2n1. The first-order valence-electron chi connectivity index (χ1n) is 17.7. The van der Waals surface area contributed by atoms with Crippen LogP contribution in [-0.4, -0.2) is 81.4 Å². The van der Waals surface area contributed by atoms with Crippen molar-refractivity contribution in [3.8, 4) is 0 Å². The summed E-state index contributed by atoms with van der Waals surface area (Å²) >= 11 is 0. The molecule has 0 radical (unpaired) electrons. The molecule has 0 saturated carbocycles. The van der Waals surface area contributed by atoms with Crippen molar-refractivity contribution in [2.24, 2.45) is 11.3 Å². The molecule has 2 fully saturated rings. The average molecular weight is 683 g/mol. The molecule has 4 N–H and O–H groups in total. The van der Waals surface area contributed by atoms with Crippen LogP contribution in [-0.2, 0) is 32.1 Å². The van der Waals surface area contributed by atoms with Gasteiger partial charge in [0.05, 0.1) is 10.9 Å². The van der Waals surface area contributed by atoms with E-state index >= 15 is 0 Å². The van der Waals surface area contributed by atoms with E-state index in [0.29, 0.717) is 45.3 Å². The largest absolute Gasteiger partial charge is 0.480 e. The van der Waals surface area contributed by atoms with Crippen LogP contribution in [0.4, 0.5) is 0 Å². The third kappa shape index (κ3) is 8.94. The van der Waals surface area contributed by atoms with Gasteiger partial charge in [0, 0.05) is 24.2 Å². The molecule has 3 amide bonds. The molecule has 2 aliphatic heterocycles. The van der Waals surface area contributed by atoms with E-state index in [9.17, 15) is 24.3 Å². The van der Waals surface area contributed by atoms with Gasteiger partial charge in [-0.2, -0.15) is 0 Å².